The molecule has 9 amide bonds. The molecule has 4 bridgehead atoms. The van der Waals surface area contributed by atoms with Gasteiger partial charge in [0, 0.05) is 31.8 Å². The highest BCUT2D eigenvalue weighted by Crippen LogP contribution is 2.65. The highest BCUT2D eigenvalue weighted by atomic mass is 16.5. The first-order valence-corrected chi connectivity index (χ1v) is 27.5. The molecular formula is C56H82N12O10. The second-order valence-electron chi connectivity index (χ2n) is 22.3. The molecule has 4 aliphatic carbocycles. The molecule has 426 valence electrons. The fourth-order valence-electron chi connectivity index (χ4n) is 13.0. The molecule has 78 heavy (non-hydrogen) atoms. The summed E-state index contributed by atoms with van der Waals surface area (Å²) in [6.07, 6.45) is 5.41. The van der Waals surface area contributed by atoms with E-state index >= 15 is 0 Å². The molecule has 2 aromatic rings. The van der Waals surface area contributed by atoms with Crippen molar-refractivity contribution in [2.45, 2.75) is 166 Å². The molecule has 2 aromatic carbocycles. The number of aliphatic imine (C=N–C) groups is 1. The van der Waals surface area contributed by atoms with Gasteiger partial charge in [0.25, 0.3) is 5.91 Å². The summed E-state index contributed by atoms with van der Waals surface area (Å²) in [6.45, 7) is 8.85. The van der Waals surface area contributed by atoms with Crippen LogP contribution < -0.4 is 54.7 Å². The molecule has 5 aliphatic rings. The fourth-order valence-corrected chi connectivity index (χ4v) is 13.0. The van der Waals surface area contributed by atoms with Gasteiger partial charge in [-0.05, 0) is 131 Å². The highest BCUT2D eigenvalue weighted by molar-refractivity contribution is 6.05. The molecule has 0 radical (unpaired) electrons. The van der Waals surface area contributed by atoms with Gasteiger partial charge in [-0.25, -0.2) is 0 Å². The SMILES string of the molecule is CCOc1ccc(C[C@H](N)C(=O)N[C@@H](Cc2ccccc2)C(=O)N[C@H](C(=O)N[C@@H](CC(N)=O)C(=O)NC(N)=NCCC[C@@](C(N)=O)(N(C(C)=O)C(=O)[C@@H]2CCCN2C(=O)C(N)CC)C23CC4CC(CC(C4)C2)C3)C(C)C)cc1. The number of hydrogen-bond donors (Lipinski definition) is 9. The van der Waals surface area contributed by atoms with Crippen LogP contribution in [0.4, 0.5) is 0 Å². The van der Waals surface area contributed by atoms with Gasteiger partial charge in [-0.1, -0.05) is 63.2 Å². The van der Waals surface area contributed by atoms with Crippen LogP contribution in [0, 0.1) is 29.1 Å². The molecule has 22 nitrogen and oxygen atoms in total. The molecule has 22 heteroatoms. The zero-order valence-corrected chi connectivity index (χ0v) is 45.8. The highest BCUT2D eigenvalue weighted by Gasteiger charge is 2.67. The largest absolute Gasteiger partial charge is 0.494 e. The number of imide groups is 1. The molecular weight excluding hydrogens is 1000 g/mol. The van der Waals surface area contributed by atoms with Crippen LogP contribution in [0.15, 0.2) is 59.6 Å². The first-order valence-electron chi connectivity index (χ1n) is 27.5. The molecule has 4 saturated carbocycles. The number of hydrogen-bond acceptors (Lipinski definition) is 13. The fraction of sp³-hybridized carbons (Fsp3) is 0.607. The predicted molar refractivity (Wildman–Crippen MR) is 291 cm³/mol. The van der Waals surface area contributed by atoms with Crippen LogP contribution in [-0.4, -0.2) is 130 Å². The number of rotatable bonds is 26. The maximum atomic E-state index is 15.0. The Labute approximate surface area is 456 Å². The van der Waals surface area contributed by atoms with Crippen molar-refractivity contribution in [1.29, 1.82) is 0 Å². The van der Waals surface area contributed by atoms with Gasteiger partial charge in [0.05, 0.1) is 25.1 Å². The second kappa shape index (κ2) is 26.6. The molecule has 0 aromatic heterocycles. The minimum Gasteiger partial charge on any atom is -0.494 e. The summed E-state index contributed by atoms with van der Waals surface area (Å²) in [6, 6.07) is 9.09. The molecule has 5 fully saturated rings. The number of ether oxygens (including phenoxy) is 1. The van der Waals surface area contributed by atoms with E-state index in [-0.39, 0.29) is 62.9 Å². The van der Waals surface area contributed by atoms with E-state index in [1.54, 1.807) is 75.4 Å². The predicted octanol–water partition coefficient (Wildman–Crippen LogP) is 0.939. The lowest BCUT2D eigenvalue weighted by atomic mass is 9.43. The lowest BCUT2D eigenvalue weighted by Crippen LogP contribution is -2.74. The van der Waals surface area contributed by atoms with Crippen LogP contribution in [0.3, 0.4) is 0 Å². The Hall–Kier alpha value is -6.94. The van der Waals surface area contributed by atoms with Crippen molar-refractivity contribution in [2.75, 3.05) is 19.7 Å². The first-order chi connectivity index (χ1) is 37.0. The van der Waals surface area contributed by atoms with Crippen LogP contribution in [-0.2, 0) is 56.0 Å². The van der Waals surface area contributed by atoms with Crippen LogP contribution >= 0.6 is 0 Å². The molecule has 1 aliphatic heterocycles. The summed E-state index contributed by atoms with van der Waals surface area (Å²) in [5.41, 5.74) is 29.7. The number of benzene rings is 2. The summed E-state index contributed by atoms with van der Waals surface area (Å²) in [7, 11) is 0. The van der Waals surface area contributed by atoms with E-state index in [1.165, 1.54) is 11.8 Å². The third-order valence-corrected chi connectivity index (χ3v) is 16.3. The molecule has 7 rings (SSSR count). The van der Waals surface area contributed by atoms with E-state index in [9.17, 15) is 43.2 Å². The van der Waals surface area contributed by atoms with Gasteiger partial charge < -0.3 is 54.3 Å². The number of likely N-dealkylation sites (tertiary alicyclic amines) is 1. The summed E-state index contributed by atoms with van der Waals surface area (Å²) < 4.78 is 5.51. The molecule has 7 atom stereocenters. The number of primary amides is 2. The van der Waals surface area contributed by atoms with Crippen molar-refractivity contribution >= 4 is 59.1 Å². The molecule has 1 saturated heterocycles. The van der Waals surface area contributed by atoms with Gasteiger partial charge in [-0.15, -0.1) is 0 Å². The number of carbonyl (C=O) groups is 9. The van der Waals surface area contributed by atoms with Crippen molar-refractivity contribution in [3.05, 3.63) is 65.7 Å². The van der Waals surface area contributed by atoms with E-state index < -0.39 is 119 Å². The Morgan fingerprint density at radius 2 is 1.37 bits per heavy atom. The first kappa shape index (κ1) is 60.3. The van der Waals surface area contributed by atoms with E-state index in [4.69, 9.17) is 33.4 Å². The topological polar surface area (TPSA) is 360 Å². The van der Waals surface area contributed by atoms with Gasteiger partial charge in [-0.2, -0.15) is 0 Å². The van der Waals surface area contributed by atoms with E-state index in [0.29, 0.717) is 50.0 Å². The third-order valence-electron chi connectivity index (χ3n) is 16.3. The number of carbonyl (C=O) groups excluding carboxylic acids is 9. The van der Waals surface area contributed by atoms with Crippen LogP contribution in [0.1, 0.15) is 123 Å². The third kappa shape index (κ3) is 14.2. The van der Waals surface area contributed by atoms with Gasteiger partial charge >= 0.3 is 0 Å². The molecule has 1 unspecified atom stereocenters. The summed E-state index contributed by atoms with van der Waals surface area (Å²) in [5.74, 6) is -6.11. The van der Waals surface area contributed by atoms with Crippen LogP contribution in [0.25, 0.3) is 0 Å². The molecule has 1 heterocycles. The van der Waals surface area contributed by atoms with Crippen molar-refractivity contribution in [2.24, 2.45) is 62.7 Å². The van der Waals surface area contributed by atoms with E-state index in [0.717, 1.165) is 29.7 Å². The quantitative estimate of drug-likeness (QED) is 0.0360. The molecule has 0 spiro atoms. The average Bonchev–Trinajstić information content (AvgIpc) is 4.03. The van der Waals surface area contributed by atoms with Gasteiger partial charge in [0.15, 0.2) is 5.96 Å². The maximum absolute atomic E-state index is 15.0. The Morgan fingerprint density at radius 1 is 0.769 bits per heavy atom. The second-order valence-corrected chi connectivity index (χ2v) is 22.3. The van der Waals surface area contributed by atoms with Gasteiger partial charge in [-0.3, -0.25) is 58.4 Å². The molecule has 14 N–H and O–H groups in total. The van der Waals surface area contributed by atoms with E-state index in [2.05, 4.69) is 26.3 Å². The Morgan fingerprint density at radius 3 is 1.92 bits per heavy atom. The average molecular weight is 1080 g/mol. The van der Waals surface area contributed by atoms with Crippen LogP contribution in [0.5, 0.6) is 5.75 Å². The standard InChI is InChI=1S/C56H82N12O10/c1-6-40(57)51(75)67-22-11-15-44(67)52(76)68(33(5)69)56(53(60)77,55-29-36-23-37(30-55)25-38(24-36)31-55)20-12-21-62-54(61)66-49(73)43(28-45(59)70)64-50(74)46(32(3)4)65-48(72)42(27-34-13-9-8-10-14-34)63-47(71)41(58)26-35-16-18-39(19-17-35)78-7-2/h8-10,13-14,16-19,32,36-38,40-44,46H,6-7,11-12,15,20-31,57-58H2,1-5H3,(H2,59,70)(H2,60,77)(H,63,71)(H,64,74)(H,65,72)(H3,61,62,66,73)/t36?,37?,38?,40?,41-,42-,43-,44-,46-,55?,56-/m0/s1. The zero-order chi connectivity index (χ0) is 57.1. The van der Waals surface area contributed by atoms with Crippen molar-refractivity contribution in [3.63, 3.8) is 0 Å². The van der Waals surface area contributed by atoms with Gasteiger partial charge in [0.1, 0.15) is 35.5 Å². The monoisotopic (exact) mass is 1080 g/mol. The van der Waals surface area contributed by atoms with Crippen molar-refractivity contribution < 1.29 is 47.9 Å². The number of nitrogens with one attached hydrogen (secondary N) is 4. The number of nitrogens with two attached hydrogens (primary N) is 5. The zero-order valence-electron chi connectivity index (χ0n) is 45.8. The normalized spacial score (nSPS) is 23.2. The lowest BCUT2D eigenvalue weighted by molar-refractivity contribution is -0.187. The van der Waals surface area contributed by atoms with Crippen molar-refractivity contribution in [3.8, 4) is 5.75 Å². The smallest absolute Gasteiger partial charge is 0.252 e. The Balaban J connectivity index is 1.16. The summed E-state index contributed by atoms with van der Waals surface area (Å²) in [5, 5.41) is 10.4. The minimum atomic E-state index is -1.79. The lowest BCUT2D eigenvalue weighted by Gasteiger charge is -2.64. The Kier molecular flexibility index (Phi) is 20.6. The number of guanidine groups is 1. The maximum Gasteiger partial charge on any atom is 0.252 e. The van der Waals surface area contributed by atoms with Crippen molar-refractivity contribution in [1.82, 2.24) is 31.1 Å². The summed E-state index contributed by atoms with van der Waals surface area (Å²) >= 11 is 0. The number of nitrogens with zero attached hydrogens (tertiary/aromatic N) is 3. The van der Waals surface area contributed by atoms with Gasteiger partial charge in [0.2, 0.25) is 47.3 Å². The van der Waals surface area contributed by atoms with E-state index in [1.807, 2.05) is 6.92 Å². The summed E-state index contributed by atoms with van der Waals surface area (Å²) in [4.78, 5) is 132. The van der Waals surface area contributed by atoms with Crippen LogP contribution in [0.2, 0.25) is 0 Å². The minimum absolute atomic E-state index is 0.0426. The Bertz CT molecular complexity index is 2510. The number of amides is 9.